The third kappa shape index (κ3) is 3.63. The Morgan fingerprint density at radius 1 is 1.09 bits per heavy atom. The van der Waals surface area contributed by atoms with Crippen LogP contribution in [0.4, 0.5) is 5.82 Å². The van der Waals surface area contributed by atoms with Crippen molar-refractivity contribution in [2.75, 3.05) is 24.5 Å². The van der Waals surface area contributed by atoms with Crippen LogP contribution in [0.15, 0.2) is 42.7 Å². The lowest BCUT2D eigenvalue weighted by Gasteiger charge is -2.22. The molecule has 2 aromatic rings. The summed E-state index contributed by atoms with van der Waals surface area (Å²) in [6, 6.07) is 13.0. The molecule has 0 bridgehead atoms. The van der Waals surface area contributed by atoms with E-state index >= 15 is 0 Å². The number of nitrogens with zero attached hydrogens (tertiary/aromatic N) is 3. The van der Waals surface area contributed by atoms with E-state index in [0.717, 1.165) is 31.0 Å². The molecule has 1 aliphatic heterocycles. The van der Waals surface area contributed by atoms with Gasteiger partial charge in [-0.1, -0.05) is 30.3 Å². The molecule has 1 saturated heterocycles. The van der Waals surface area contributed by atoms with Gasteiger partial charge in [0.15, 0.2) is 0 Å². The molecule has 0 unspecified atom stereocenters. The van der Waals surface area contributed by atoms with Crippen LogP contribution < -0.4 is 10.6 Å². The maximum absolute atomic E-state index is 5.62. The van der Waals surface area contributed by atoms with Crippen LogP contribution in [0.25, 0.3) is 0 Å². The standard InChI is InChI=1S/C18H24N4/c19-10-8-17-13-18(21-14-20-17)22-11-4-7-16(9-12-22)15-5-2-1-3-6-15/h1-3,5-6,13-14,16H,4,7-12,19H2/t16-/m0/s1. The number of hydrogen-bond acceptors (Lipinski definition) is 4. The average molecular weight is 296 g/mol. The third-order valence-electron chi connectivity index (χ3n) is 4.43. The molecule has 2 N–H and O–H groups in total. The number of nitrogens with two attached hydrogens (primary N) is 1. The van der Waals surface area contributed by atoms with E-state index in [4.69, 9.17) is 5.73 Å². The lowest BCUT2D eigenvalue weighted by molar-refractivity contribution is 0.612. The second kappa shape index (κ2) is 7.36. The molecule has 0 spiro atoms. The molecule has 0 saturated carbocycles. The number of aromatic nitrogens is 2. The van der Waals surface area contributed by atoms with Crippen molar-refractivity contribution < 1.29 is 0 Å². The first-order valence-corrected chi connectivity index (χ1v) is 8.17. The highest BCUT2D eigenvalue weighted by Gasteiger charge is 2.19. The summed E-state index contributed by atoms with van der Waals surface area (Å²) in [5, 5.41) is 0. The van der Waals surface area contributed by atoms with Gasteiger partial charge in [-0.25, -0.2) is 9.97 Å². The van der Waals surface area contributed by atoms with E-state index in [1.807, 2.05) is 0 Å². The molecule has 22 heavy (non-hydrogen) atoms. The molecule has 2 heterocycles. The molecule has 0 amide bonds. The van der Waals surface area contributed by atoms with Gasteiger partial charge in [-0.3, -0.25) is 0 Å². The molecule has 0 radical (unpaired) electrons. The second-order valence-electron chi connectivity index (χ2n) is 5.93. The normalized spacial score (nSPS) is 19.0. The van der Waals surface area contributed by atoms with Crippen molar-refractivity contribution >= 4 is 5.82 Å². The van der Waals surface area contributed by atoms with E-state index in [1.165, 1.54) is 24.8 Å². The van der Waals surface area contributed by atoms with Crippen molar-refractivity contribution in [2.24, 2.45) is 5.73 Å². The molecule has 0 aliphatic carbocycles. The maximum atomic E-state index is 5.62. The SMILES string of the molecule is NCCc1cc(N2CCC[C@H](c3ccccc3)CC2)ncn1. The van der Waals surface area contributed by atoms with Gasteiger partial charge >= 0.3 is 0 Å². The van der Waals surface area contributed by atoms with Crippen LogP contribution in [-0.2, 0) is 6.42 Å². The summed E-state index contributed by atoms with van der Waals surface area (Å²) in [6.07, 6.45) is 6.12. The van der Waals surface area contributed by atoms with Gasteiger partial charge in [0, 0.05) is 31.3 Å². The molecule has 1 fully saturated rings. The smallest absolute Gasteiger partial charge is 0.132 e. The van der Waals surface area contributed by atoms with Gasteiger partial charge in [0.1, 0.15) is 12.1 Å². The molecule has 1 atom stereocenters. The molecule has 1 aliphatic rings. The third-order valence-corrected chi connectivity index (χ3v) is 4.43. The van der Waals surface area contributed by atoms with Crippen LogP contribution in [-0.4, -0.2) is 29.6 Å². The van der Waals surface area contributed by atoms with Crippen LogP contribution in [0.2, 0.25) is 0 Å². The van der Waals surface area contributed by atoms with Crippen LogP contribution in [0.1, 0.15) is 36.4 Å². The lowest BCUT2D eigenvalue weighted by Crippen LogP contribution is -2.25. The van der Waals surface area contributed by atoms with Crippen LogP contribution in [0.5, 0.6) is 0 Å². The van der Waals surface area contributed by atoms with Gasteiger partial charge in [-0.15, -0.1) is 0 Å². The summed E-state index contributed by atoms with van der Waals surface area (Å²) >= 11 is 0. The number of hydrogen-bond donors (Lipinski definition) is 1. The highest BCUT2D eigenvalue weighted by atomic mass is 15.2. The van der Waals surface area contributed by atoms with E-state index in [1.54, 1.807) is 6.33 Å². The zero-order valence-corrected chi connectivity index (χ0v) is 13.0. The first kappa shape index (κ1) is 15.0. The van der Waals surface area contributed by atoms with Gasteiger partial charge in [0.05, 0.1) is 0 Å². The highest BCUT2D eigenvalue weighted by molar-refractivity contribution is 5.39. The van der Waals surface area contributed by atoms with Crippen molar-refractivity contribution in [1.82, 2.24) is 9.97 Å². The minimum Gasteiger partial charge on any atom is -0.356 e. The average Bonchev–Trinajstić information content (AvgIpc) is 2.82. The zero-order valence-electron chi connectivity index (χ0n) is 13.0. The molecule has 4 nitrogen and oxygen atoms in total. The summed E-state index contributed by atoms with van der Waals surface area (Å²) < 4.78 is 0. The molecule has 3 rings (SSSR count). The Hall–Kier alpha value is -1.94. The van der Waals surface area contributed by atoms with E-state index < -0.39 is 0 Å². The fourth-order valence-corrected chi connectivity index (χ4v) is 3.23. The Balaban J connectivity index is 1.69. The van der Waals surface area contributed by atoms with Crippen molar-refractivity contribution in [3.8, 4) is 0 Å². The topological polar surface area (TPSA) is 55.0 Å². The lowest BCUT2D eigenvalue weighted by atomic mass is 9.92. The monoisotopic (exact) mass is 296 g/mol. The zero-order chi connectivity index (χ0) is 15.2. The van der Waals surface area contributed by atoms with Gasteiger partial charge in [-0.05, 0) is 37.3 Å². The second-order valence-corrected chi connectivity index (χ2v) is 5.93. The van der Waals surface area contributed by atoms with Crippen LogP contribution in [0, 0.1) is 0 Å². The Labute approximate surface area is 132 Å². The van der Waals surface area contributed by atoms with E-state index in [2.05, 4.69) is 51.3 Å². The van der Waals surface area contributed by atoms with Gasteiger partial charge in [-0.2, -0.15) is 0 Å². The quantitative estimate of drug-likeness (QED) is 0.942. The summed E-state index contributed by atoms with van der Waals surface area (Å²) in [5.74, 6) is 1.71. The van der Waals surface area contributed by atoms with Gasteiger partial charge < -0.3 is 10.6 Å². The summed E-state index contributed by atoms with van der Waals surface area (Å²) in [4.78, 5) is 11.1. The molecule has 1 aromatic carbocycles. The molecule has 116 valence electrons. The number of anilines is 1. The fourth-order valence-electron chi connectivity index (χ4n) is 3.23. The van der Waals surface area contributed by atoms with Crippen LogP contribution >= 0.6 is 0 Å². The molecular weight excluding hydrogens is 272 g/mol. The van der Waals surface area contributed by atoms with Crippen LogP contribution in [0.3, 0.4) is 0 Å². The first-order chi connectivity index (χ1) is 10.9. The van der Waals surface area contributed by atoms with E-state index in [0.29, 0.717) is 12.5 Å². The van der Waals surface area contributed by atoms with E-state index in [9.17, 15) is 0 Å². The highest BCUT2D eigenvalue weighted by Crippen LogP contribution is 2.29. The first-order valence-electron chi connectivity index (χ1n) is 8.17. The fraction of sp³-hybridized carbons (Fsp3) is 0.444. The van der Waals surface area contributed by atoms with Crippen molar-refractivity contribution in [2.45, 2.75) is 31.6 Å². The van der Waals surface area contributed by atoms with Gasteiger partial charge in [0.2, 0.25) is 0 Å². The molecule has 4 heteroatoms. The summed E-state index contributed by atoms with van der Waals surface area (Å²) in [7, 11) is 0. The summed E-state index contributed by atoms with van der Waals surface area (Å²) in [5.41, 5.74) is 8.13. The Morgan fingerprint density at radius 3 is 2.77 bits per heavy atom. The largest absolute Gasteiger partial charge is 0.356 e. The minimum absolute atomic E-state index is 0.631. The van der Waals surface area contributed by atoms with Crippen molar-refractivity contribution in [3.63, 3.8) is 0 Å². The Morgan fingerprint density at radius 2 is 1.95 bits per heavy atom. The van der Waals surface area contributed by atoms with Crippen molar-refractivity contribution in [1.29, 1.82) is 0 Å². The maximum Gasteiger partial charge on any atom is 0.132 e. The van der Waals surface area contributed by atoms with Gasteiger partial charge in [0.25, 0.3) is 0 Å². The number of rotatable bonds is 4. The minimum atomic E-state index is 0.631. The summed E-state index contributed by atoms with van der Waals surface area (Å²) in [6.45, 7) is 2.76. The Kier molecular flexibility index (Phi) is 5.01. The predicted octanol–water partition coefficient (Wildman–Crippen LogP) is 2.75. The molecular formula is C18H24N4. The molecule has 1 aromatic heterocycles. The number of benzene rings is 1. The Bertz CT molecular complexity index is 585. The van der Waals surface area contributed by atoms with E-state index in [-0.39, 0.29) is 0 Å². The van der Waals surface area contributed by atoms with Crippen molar-refractivity contribution in [3.05, 3.63) is 54.0 Å². The predicted molar refractivity (Wildman–Crippen MR) is 90.0 cm³/mol.